The van der Waals surface area contributed by atoms with Crippen LogP contribution in [0, 0.1) is 0 Å². The Morgan fingerprint density at radius 1 is 1.38 bits per heavy atom. The molecule has 8 heteroatoms. The molecule has 1 aromatic rings. The molecule has 1 fully saturated rings. The summed E-state index contributed by atoms with van der Waals surface area (Å²) in [4.78, 5) is 26.3. The molecule has 0 bridgehead atoms. The molecule has 1 saturated carbocycles. The Hall–Kier alpha value is -1.67. The summed E-state index contributed by atoms with van der Waals surface area (Å²) in [6, 6.07) is -0.492. The van der Waals surface area contributed by atoms with Crippen LogP contribution in [0.25, 0.3) is 0 Å². The highest BCUT2D eigenvalue weighted by molar-refractivity contribution is 7.09. The minimum absolute atomic E-state index is 0.0322. The normalized spacial score (nSPS) is 21.8. The fraction of sp³-hybridized carbons (Fsp3) is 0.615. The Kier molecular flexibility index (Phi) is 5.51. The molecular formula is C13H19N3O4S. The number of carbonyl (C=O) groups excluding carboxylic acids is 1. The van der Waals surface area contributed by atoms with E-state index in [1.165, 1.54) is 16.7 Å². The van der Waals surface area contributed by atoms with E-state index in [0.717, 1.165) is 25.7 Å². The topological polar surface area (TPSA) is 112 Å². The van der Waals surface area contributed by atoms with Gasteiger partial charge in [0.15, 0.2) is 5.69 Å². The Morgan fingerprint density at radius 3 is 2.81 bits per heavy atom. The van der Waals surface area contributed by atoms with Gasteiger partial charge in [-0.15, -0.1) is 11.3 Å². The number of rotatable bonds is 5. The van der Waals surface area contributed by atoms with Crippen LogP contribution in [0.2, 0.25) is 0 Å². The van der Waals surface area contributed by atoms with Crippen molar-refractivity contribution in [3.05, 3.63) is 16.1 Å². The van der Waals surface area contributed by atoms with Gasteiger partial charge in [-0.1, -0.05) is 12.8 Å². The number of nitrogens with one attached hydrogen (secondary N) is 2. The summed E-state index contributed by atoms with van der Waals surface area (Å²) in [6.07, 6.45) is 3.54. The third-order valence-electron chi connectivity index (χ3n) is 3.44. The van der Waals surface area contributed by atoms with Crippen molar-refractivity contribution in [3.63, 3.8) is 0 Å². The number of urea groups is 1. The SMILES string of the molecule is O=C(NCCc1nc(C(=O)O)cs1)NC1CCCCC1O. The predicted molar refractivity (Wildman–Crippen MR) is 77.6 cm³/mol. The van der Waals surface area contributed by atoms with Crippen molar-refractivity contribution in [3.8, 4) is 0 Å². The van der Waals surface area contributed by atoms with Gasteiger partial charge in [-0.2, -0.15) is 0 Å². The fourth-order valence-electron chi connectivity index (χ4n) is 2.31. The quantitative estimate of drug-likeness (QED) is 0.647. The molecule has 1 aliphatic carbocycles. The van der Waals surface area contributed by atoms with E-state index in [9.17, 15) is 14.7 Å². The molecule has 0 aliphatic heterocycles. The highest BCUT2D eigenvalue weighted by atomic mass is 32.1. The molecule has 116 valence electrons. The van der Waals surface area contributed by atoms with E-state index in [1.54, 1.807) is 0 Å². The molecule has 0 spiro atoms. The van der Waals surface area contributed by atoms with Crippen LogP contribution >= 0.6 is 11.3 Å². The predicted octanol–water partition coefficient (Wildman–Crippen LogP) is 0.986. The van der Waals surface area contributed by atoms with Crippen molar-refractivity contribution in [2.75, 3.05) is 6.54 Å². The highest BCUT2D eigenvalue weighted by Crippen LogP contribution is 2.18. The standard InChI is InChI=1S/C13H19N3O4S/c17-10-4-2-1-3-8(10)16-13(20)14-6-5-11-15-9(7-21-11)12(18)19/h7-8,10,17H,1-6H2,(H,18,19)(H2,14,16,20). The molecule has 0 aromatic carbocycles. The lowest BCUT2D eigenvalue weighted by molar-refractivity contribution is 0.0691. The first-order valence-corrected chi connectivity index (χ1v) is 7.84. The molecule has 0 radical (unpaired) electrons. The van der Waals surface area contributed by atoms with Crippen LogP contribution in [0.3, 0.4) is 0 Å². The van der Waals surface area contributed by atoms with Crippen LogP contribution < -0.4 is 10.6 Å². The summed E-state index contributed by atoms with van der Waals surface area (Å²) in [6.45, 7) is 0.376. The van der Waals surface area contributed by atoms with Crippen molar-refractivity contribution >= 4 is 23.3 Å². The summed E-state index contributed by atoms with van der Waals surface area (Å²) >= 11 is 1.26. The first-order chi connectivity index (χ1) is 10.1. The van der Waals surface area contributed by atoms with Crippen LogP contribution in [-0.4, -0.2) is 45.9 Å². The minimum atomic E-state index is -1.05. The van der Waals surface area contributed by atoms with Gasteiger partial charge in [-0.05, 0) is 12.8 Å². The lowest BCUT2D eigenvalue weighted by Gasteiger charge is -2.28. The van der Waals surface area contributed by atoms with E-state index >= 15 is 0 Å². The van der Waals surface area contributed by atoms with Crippen LogP contribution in [0.1, 0.15) is 41.2 Å². The van der Waals surface area contributed by atoms with Crippen molar-refractivity contribution in [1.82, 2.24) is 15.6 Å². The Bertz CT molecular complexity index is 505. The lowest BCUT2D eigenvalue weighted by atomic mass is 9.93. The Morgan fingerprint density at radius 2 is 2.14 bits per heavy atom. The van der Waals surface area contributed by atoms with Crippen molar-refractivity contribution in [2.24, 2.45) is 0 Å². The Balaban J connectivity index is 1.70. The minimum Gasteiger partial charge on any atom is -0.476 e. The molecule has 2 unspecified atom stereocenters. The number of amides is 2. The van der Waals surface area contributed by atoms with Gasteiger partial charge in [-0.25, -0.2) is 14.6 Å². The van der Waals surface area contributed by atoms with Crippen LogP contribution in [-0.2, 0) is 6.42 Å². The maximum Gasteiger partial charge on any atom is 0.355 e. The number of carboxylic acid groups (broad SMARTS) is 1. The zero-order chi connectivity index (χ0) is 15.2. The van der Waals surface area contributed by atoms with Gasteiger partial charge >= 0.3 is 12.0 Å². The van der Waals surface area contributed by atoms with Gasteiger partial charge < -0.3 is 20.8 Å². The number of aromatic carboxylic acids is 1. The van der Waals surface area contributed by atoms with Gasteiger partial charge in [0.05, 0.1) is 17.2 Å². The number of aliphatic hydroxyl groups is 1. The number of carbonyl (C=O) groups is 2. The zero-order valence-corrected chi connectivity index (χ0v) is 12.4. The largest absolute Gasteiger partial charge is 0.476 e. The highest BCUT2D eigenvalue weighted by Gasteiger charge is 2.24. The van der Waals surface area contributed by atoms with Gasteiger partial charge in [0.2, 0.25) is 0 Å². The van der Waals surface area contributed by atoms with Gasteiger partial charge in [-0.3, -0.25) is 0 Å². The number of nitrogens with zero attached hydrogens (tertiary/aromatic N) is 1. The maximum absolute atomic E-state index is 11.7. The van der Waals surface area contributed by atoms with Gasteiger partial charge in [0.25, 0.3) is 0 Å². The third kappa shape index (κ3) is 4.68. The van der Waals surface area contributed by atoms with E-state index in [-0.39, 0.29) is 17.8 Å². The van der Waals surface area contributed by atoms with Gasteiger partial charge in [0, 0.05) is 18.3 Å². The fourth-order valence-corrected chi connectivity index (χ4v) is 3.08. The van der Waals surface area contributed by atoms with E-state index < -0.39 is 12.1 Å². The van der Waals surface area contributed by atoms with Crippen LogP contribution in [0.4, 0.5) is 4.79 Å². The zero-order valence-electron chi connectivity index (χ0n) is 11.5. The van der Waals surface area contributed by atoms with Crippen molar-refractivity contribution in [2.45, 2.75) is 44.2 Å². The summed E-state index contributed by atoms with van der Waals surface area (Å²) in [5.74, 6) is -1.05. The molecule has 4 N–H and O–H groups in total. The van der Waals surface area contributed by atoms with Crippen LogP contribution in [0.15, 0.2) is 5.38 Å². The van der Waals surface area contributed by atoms with E-state index in [0.29, 0.717) is 18.0 Å². The summed E-state index contributed by atoms with van der Waals surface area (Å²) in [5, 5.41) is 26.1. The monoisotopic (exact) mass is 313 g/mol. The first kappa shape index (κ1) is 15.7. The second-order valence-corrected chi connectivity index (χ2v) is 5.98. The molecule has 21 heavy (non-hydrogen) atoms. The summed E-state index contributed by atoms with van der Waals surface area (Å²) < 4.78 is 0. The number of aliphatic hydroxyl groups excluding tert-OH is 1. The van der Waals surface area contributed by atoms with Crippen molar-refractivity contribution < 1.29 is 19.8 Å². The second-order valence-electron chi connectivity index (χ2n) is 5.04. The average molecular weight is 313 g/mol. The van der Waals surface area contributed by atoms with E-state index in [1.807, 2.05) is 0 Å². The maximum atomic E-state index is 11.7. The van der Waals surface area contributed by atoms with E-state index in [2.05, 4.69) is 15.6 Å². The molecular weight excluding hydrogens is 294 g/mol. The van der Waals surface area contributed by atoms with Gasteiger partial charge in [0.1, 0.15) is 0 Å². The molecule has 2 amide bonds. The number of hydrogen-bond donors (Lipinski definition) is 4. The molecule has 2 rings (SSSR count). The molecule has 2 atom stereocenters. The molecule has 1 aliphatic rings. The summed E-state index contributed by atoms with van der Waals surface area (Å²) in [5.41, 5.74) is 0.0322. The van der Waals surface area contributed by atoms with E-state index in [4.69, 9.17) is 5.11 Å². The lowest BCUT2D eigenvalue weighted by Crippen LogP contribution is -2.49. The Labute approximate surface area is 126 Å². The molecule has 0 saturated heterocycles. The van der Waals surface area contributed by atoms with Crippen LogP contribution in [0.5, 0.6) is 0 Å². The number of carboxylic acids is 1. The first-order valence-electron chi connectivity index (χ1n) is 6.96. The third-order valence-corrected chi connectivity index (χ3v) is 4.35. The molecule has 1 heterocycles. The smallest absolute Gasteiger partial charge is 0.355 e. The average Bonchev–Trinajstić information content (AvgIpc) is 2.90. The molecule has 1 aromatic heterocycles. The number of hydrogen-bond acceptors (Lipinski definition) is 5. The molecule has 7 nitrogen and oxygen atoms in total. The summed E-state index contributed by atoms with van der Waals surface area (Å²) in [7, 11) is 0. The number of aromatic nitrogens is 1. The van der Waals surface area contributed by atoms with Crippen molar-refractivity contribution in [1.29, 1.82) is 0 Å². The second kappa shape index (κ2) is 7.37. The number of thiazole rings is 1.